The standard InChI is InChI=1S/C23H23F3N2O3/c24-23(25,26)18-13-15(27-22(30)20-9-4-12-31-20)10-11-19(18)28-21(29)17-8-3-6-14-5-1-2-7-16(14)17/h1-2,5,7,10-11,13,17,20H,3-4,6,8-9,12H2,(H,27,30)(H,28,29). The molecule has 4 rings (SSSR count). The second-order valence-electron chi connectivity index (χ2n) is 7.88. The van der Waals surface area contributed by atoms with Gasteiger partial charge >= 0.3 is 6.18 Å². The summed E-state index contributed by atoms with van der Waals surface area (Å²) in [6.07, 6.45) is -1.84. The zero-order chi connectivity index (χ0) is 22.0. The summed E-state index contributed by atoms with van der Waals surface area (Å²) in [4.78, 5) is 25.1. The van der Waals surface area contributed by atoms with E-state index in [1.54, 1.807) is 0 Å². The van der Waals surface area contributed by atoms with Gasteiger partial charge in [0.25, 0.3) is 5.91 Å². The minimum absolute atomic E-state index is 0.00818. The molecule has 2 unspecified atom stereocenters. The number of fused-ring (bicyclic) bond motifs is 1. The van der Waals surface area contributed by atoms with E-state index in [9.17, 15) is 22.8 Å². The third kappa shape index (κ3) is 4.74. The van der Waals surface area contributed by atoms with Crippen LogP contribution in [0.1, 0.15) is 48.3 Å². The topological polar surface area (TPSA) is 67.4 Å². The molecule has 1 fully saturated rings. The molecular formula is C23H23F3N2O3. The first-order valence-electron chi connectivity index (χ1n) is 10.4. The predicted molar refractivity (Wildman–Crippen MR) is 110 cm³/mol. The molecule has 2 aromatic rings. The van der Waals surface area contributed by atoms with Gasteiger partial charge < -0.3 is 15.4 Å². The summed E-state index contributed by atoms with van der Waals surface area (Å²) in [5.74, 6) is -1.43. The monoisotopic (exact) mass is 432 g/mol. The SMILES string of the molecule is O=C(Nc1ccc(NC(=O)C2CCCc3ccccc32)c(C(F)(F)F)c1)C1CCCO1. The van der Waals surface area contributed by atoms with Crippen LogP contribution in [0.2, 0.25) is 0 Å². The first-order valence-corrected chi connectivity index (χ1v) is 10.4. The number of amides is 2. The second kappa shape index (κ2) is 8.70. The molecule has 2 aromatic carbocycles. The second-order valence-corrected chi connectivity index (χ2v) is 7.88. The molecule has 1 heterocycles. The fourth-order valence-electron chi connectivity index (χ4n) is 4.22. The molecule has 0 saturated carbocycles. The van der Waals surface area contributed by atoms with E-state index in [4.69, 9.17) is 4.74 Å². The van der Waals surface area contributed by atoms with Crippen molar-refractivity contribution in [3.05, 3.63) is 59.2 Å². The normalized spacial score (nSPS) is 20.7. The van der Waals surface area contributed by atoms with Crippen LogP contribution >= 0.6 is 0 Å². The van der Waals surface area contributed by atoms with Gasteiger partial charge in [-0.3, -0.25) is 9.59 Å². The van der Waals surface area contributed by atoms with Crippen molar-refractivity contribution in [1.29, 1.82) is 0 Å². The molecular weight excluding hydrogens is 409 g/mol. The van der Waals surface area contributed by atoms with Gasteiger partial charge in [-0.2, -0.15) is 13.2 Å². The van der Waals surface area contributed by atoms with E-state index in [1.165, 1.54) is 12.1 Å². The minimum atomic E-state index is -4.70. The van der Waals surface area contributed by atoms with Gasteiger partial charge in [-0.25, -0.2) is 0 Å². The first-order chi connectivity index (χ1) is 14.8. The van der Waals surface area contributed by atoms with E-state index in [0.29, 0.717) is 19.4 Å². The summed E-state index contributed by atoms with van der Waals surface area (Å²) in [7, 11) is 0. The Labute approximate surface area is 178 Å². The Kier molecular flexibility index (Phi) is 6.00. The van der Waals surface area contributed by atoms with Gasteiger partial charge in [-0.15, -0.1) is 0 Å². The maximum absolute atomic E-state index is 13.7. The van der Waals surface area contributed by atoms with Crippen molar-refractivity contribution >= 4 is 23.2 Å². The summed E-state index contributed by atoms with van der Waals surface area (Å²) in [6, 6.07) is 10.9. The van der Waals surface area contributed by atoms with Gasteiger partial charge in [0.2, 0.25) is 5.91 Å². The van der Waals surface area contributed by atoms with Crippen molar-refractivity contribution in [3.63, 3.8) is 0 Å². The van der Waals surface area contributed by atoms with Crippen molar-refractivity contribution in [2.45, 2.75) is 50.3 Å². The van der Waals surface area contributed by atoms with Crippen molar-refractivity contribution in [2.75, 3.05) is 17.2 Å². The maximum Gasteiger partial charge on any atom is 0.418 e. The fraction of sp³-hybridized carbons (Fsp3) is 0.391. The molecule has 0 aromatic heterocycles. The van der Waals surface area contributed by atoms with Crippen LogP contribution in [0.5, 0.6) is 0 Å². The number of nitrogens with one attached hydrogen (secondary N) is 2. The summed E-state index contributed by atoms with van der Waals surface area (Å²) >= 11 is 0. The lowest BCUT2D eigenvalue weighted by atomic mass is 9.82. The lowest BCUT2D eigenvalue weighted by Crippen LogP contribution is -2.27. The van der Waals surface area contributed by atoms with Gasteiger partial charge in [0.15, 0.2) is 0 Å². The highest BCUT2D eigenvalue weighted by atomic mass is 19.4. The molecule has 1 aliphatic carbocycles. The van der Waals surface area contributed by atoms with Gasteiger partial charge in [0, 0.05) is 12.3 Å². The Morgan fingerprint density at radius 1 is 0.968 bits per heavy atom. The molecule has 5 nitrogen and oxygen atoms in total. The Morgan fingerprint density at radius 3 is 2.52 bits per heavy atom. The Balaban J connectivity index is 1.55. The van der Waals surface area contributed by atoms with E-state index in [2.05, 4.69) is 10.6 Å². The van der Waals surface area contributed by atoms with Gasteiger partial charge in [0.1, 0.15) is 6.10 Å². The number of alkyl halides is 3. The number of benzene rings is 2. The highest BCUT2D eigenvalue weighted by Gasteiger charge is 2.36. The molecule has 8 heteroatoms. The van der Waals surface area contributed by atoms with Crippen LogP contribution in [0.25, 0.3) is 0 Å². The predicted octanol–water partition coefficient (Wildman–Crippen LogP) is 4.88. The summed E-state index contributed by atoms with van der Waals surface area (Å²) in [5.41, 5.74) is 0.594. The zero-order valence-corrected chi connectivity index (χ0v) is 16.8. The molecule has 2 amide bonds. The van der Waals surface area contributed by atoms with Crippen LogP contribution < -0.4 is 10.6 Å². The number of carbonyl (C=O) groups is 2. The molecule has 31 heavy (non-hydrogen) atoms. The fourth-order valence-corrected chi connectivity index (χ4v) is 4.22. The summed E-state index contributed by atoms with van der Waals surface area (Å²) in [6.45, 7) is 0.459. The molecule has 2 N–H and O–H groups in total. The van der Waals surface area contributed by atoms with Crippen molar-refractivity contribution in [3.8, 4) is 0 Å². The van der Waals surface area contributed by atoms with E-state index < -0.39 is 35.6 Å². The average molecular weight is 432 g/mol. The smallest absolute Gasteiger partial charge is 0.368 e. The highest BCUT2D eigenvalue weighted by molar-refractivity contribution is 5.98. The Hall–Kier alpha value is -2.87. The molecule has 2 aliphatic rings. The molecule has 1 aliphatic heterocycles. The maximum atomic E-state index is 13.7. The number of hydrogen-bond acceptors (Lipinski definition) is 3. The van der Waals surface area contributed by atoms with Crippen LogP contribution in [-0.2, 0) is 26.9 Å². The van der Waals surface area contributed by atoms with E-state index in [1.807, 2.05) is 24.3 Å². The molecule has 0 bridgehead atoms. The third-order valence-corrected chi connectivity index (χ3v) is 5.76. The third-order valence-electron chi connectivity index (χ3n) is 5.76. The van der Waals surface area contributed by atoms with Gasteiger partial charge in [0.05, 0.1) is 17.2 Å². The zero-order valence-electron chi connectivity index (χ0n) is 16.8. The summed E-state index contributed by atoms with van der Waals surface area (Å²) < 4.78 is 46.4. The number of ether oxygens (including phenoxy) is 1. The largest absolute Gasteiger partial charge is 0.418 e. The van der Waals surface area contributed by atoms with Gasteiger partial charge in [-0.05, 0) is 61.4 Å². The Bertz CT molecular complexity index is 984. The molecule has 0 spiro atoms. The first kappa shape index (κ1) is 21.4. The van der Waals surface area contributed by atoms with Crippen molar-refractivity contribution in [1.82, 2.24) is 0 Å². The van der Waals surface area contributed by atoms with Gasteiger partial charge in [-0.1, -0.05) is 24.3 Å². The summed E-state index contributed by atoms with van der Waals surface area (Å²) in [5, 5.41) is 4.94. The van der Waals surface area contributed by atoms with Crippen molar-refractivity contribution < 1.29 is 27.5 Å². The van der Waals surface area contributed by atoms with Crippen LogP contribution in [0.15, 0.2) is 42.5 Å². The highest BCUT2D eigenvalue weighted by Crippen LogP contribution is 2.38. The number of carbonyl (C=O) groups excluding carboxylic acids is 2. The van der Waals surface area contributed by atoms with Crippen LogP contribution in [-0.4, -0.2) is 24.5 Å². The number of rotatable bonds is 4. The lowest BCUT2D eigenvalue weighted by Gasteiger charge is -2.25. The number of hydrogen-bond donors (Lipinski definition) is 2. The lowest BCUT2D eigenvalue weighted by molar-refractivity contribution is -0.137. The van der Waals surface area contributed by atoms with Crippen LogP contribution in [0, 0.1) is 0 Å². The molecule has 1 saturated heterocycles. The number of halogens is 3. The van der Waals surface area contributed by atoms with E-state index >= 15 is 0 Å². The number of aryl methyl sites for hydroxylation is 1. The Morgan fingerprint density at radius 2 is 1.77 bits per heavy atom. The molecule has 164 valence electrons. The molecule has 0 radical (unpaired) electrons. The number of anilines is 2. The molecule has 2 atom stereocenters. The van der Waals surface area contributed by atoms with Crippen LogP contribution in [0.3, 0.4) is 0 Å². The van der Waals surface area contributed by atoms with E-state index in [0.717, 1.165) is 36.5 Å². The van der Waals surface area contributed by atoms with Crippen LogP contribution in [0.4, 0.5) is 24.5 Å². The quantitative estimate of drug-likeness (QED) is 0.724. The van der Waals surface area contributed by atoms with E-state index in [-0.39, 0.29) is 11.4 Å². The van der Waals surface area contributed by atoms with Crippen molar-refractivity contribution in [2.24, 2.45) is 0 Å². The minimum Gasteiger partial charge on any atom is -0.368 e. The average Bonchev–Trinajstić information content (AvgIpc) is 3.29.